The van der Waals surface area contributed by atoms with Crippen LogP contribution in [0.2, 0.25) is 0 Å². The molecule has 0 atom stereocenters. The van der Waals surface area contributed by atoms with Crippen molar-refractivity contribution in [2.24, 2.45) is 0 Å². The first-order valence-corrected chi connectivity index (χ1v) is 16.7. The van der Waals surface area contributed by atoms with Gasteiger partial charge in [0.25, 0.3) is 0 Å². The van der Waals surface area contributed by atoms with E-state index >= 15 is 0 Å². The van der Waals surface area contributed by atoms with Crippen molar-refractivity contribution in [2.45, 2.75) is 5.41 Å². The largest absolute Gasteiger partial charge is 0.456 e. The summed E-state index contributed by atoms with van der Waals surface area (Å²) in [7, 11) is 0. The summed E-state index contributed by atoms with van der Waals surface area (Å²) < 4.78 is 9.28. The van der Waals surface area contributed by atoms with Gasteiger partial charge < -0.3 is 4.74 Å². The number of nitrogens with zero attached hydrogens (tertiary/aromatic N) is 3. The molecule has 4 heteroatoms. The van der Waals surface area contributed by atoms with Gasteiger partial charge in [0.05, 0.1) is 33.0 Å². The molecule has 49 heavy (non-hydrogen) atoms. The highest BCUT2D eigenvalue weighted by Gasteiger charge is 2.51. The summed E-state index contributed by atoms with van der Waals surface area (Å²) in [4.78, 5) is 10.5. The molecule has 2 aromatic heterocycles. The second kappa shape index (κ2) is 9.75. The van der Waals surface area contributed by atoms with E-state index in [1.165, 1.54) is 22.3 Å². The van der Waals surface area contributed by atoms with E-state index in [1.54, 1.807) is 0 Å². The van der Waals surface area contributed by atoms with Crippen LogP contribution < -0.4 is 4.74 Å². The molecule has 7 aromatic carbocycles. The summed E-state index contributed by atoms with van der Waals surface area (Å²) in [5.74, 6) is 2.38. The van der Waals surface area contributed by atoms with Crippen LogP contribution in [0.15, 0.2) is 164 Å². The third kappa shape index (κ3) is 3.42. The average molecular weight is 626 g/mol. The van der Waals surface area contributed by atoms with Crippen LogP contribution >= 0.6 is 0 Å². The van der Waals surface area contributed by atoms with Crippen LogP contribution in [-0.2, 0) is 5.41 Å². The molecule has 2 aliphatic rings. The normalized spacial score (nSPS) is 13.6. The Morgan fingerprint density at radius 2 is 1.10 bits per heavy atom. The summed E-state index contributed by atoms with van der Waals surface area (Å²) in [6, 6.07) is 58.0. The summed E-state index contributed by atoms with van der Waals surface area (Å²) in [6.07, 6.45) is 0. The van der Waals surface area contributed by atoms with Gasteiger partial charge in [-0.05, 0) is 46.5 Å². The van der Waals surface area contributed by atoms with Gasteiger partial charge in [0, 0.05) is 27.5 Å². The molecular formula is C45H27N3O. The topological polar surface area (TPSA) is 39.9 Å². The maximum absolute atomic E-state index is 7.07. The number of para-hydroxylation sites is 3. The van der Waals surface area contributed by atoms with Crippen LogP contribution in [0.4, 0.5) is 0 Å². The Morgan fingerprint density at radius 1 is 0.469 bits per heavy atom. The number of hydrogen-bond donors (Lipinski definition) is 0. The molecular weight excluding hydrogens is 599 g/mol. The molecule has 0 saturated heterocycles. The molecule has 0 saturated carbocycles. The third-order valence-electron chi connectivity index (χ3n) is 10.5. The highest BCUT2D eigenvalue weighted by atomic mass is 16.5. The minimum absolute atomic E-state index is 0.533. The molecule has 0 radical (unpaired) electrons. The van der Waals surface area contributed by atoms with Gasteiger partial charge in [-0.2, -0.15) is 0 Å². The van der Waals surface area contributed by atoms with E-state index in [-0.39, 0.29) is 0 Å². The smallest absolute Gasteiger partial charge is 0.235 e. The third-order valence-corrected chi connectivity index (χ3v) is 10.5. The summed E-state index contributed by atoms with van der Waals surface area (Å²) in [5, 5.41) is 3.18. The van der Waals surface area contributed by atoms with Gasteiger partial charge in [0.2, 0.25) is 5.95 Å². The van der Waals surface area contributed by atoms with Crippen molar-refractivity contribution >= 4 is 32.7 Å². The lowest BCUT2D eigenvalue weighted by atomic mass is 9.66. The van der Waals surface area contributed by atoms with Crippen LogP contribution in [0.25, 0.3) is 61.0 Å². The highest BCUT2D eigenvalue weighted by molar-refractivity contribution is 6.13. The maximum atomic E-state index is 7.07. The van der Waals surface area contributed by atoms with E-state index in [2.05, 4.69) is 156 Å². The molecule has 0 bridgehead atoms. The Labute approximate surface area is 282 Å². The number of benzene rings is 7. The molecule has 3 heterocycles. The number of hydrogen-bond acceptors (Lipinski definition) is 3. The standard InChI is InChI=1S/C45H27N3O/c1-2-14-28(15-3-1)42-31-18-6-11-23-37(31)46-44(47-42)48-38-24-12-7-19-32(38)41-39(48)27-26-36-43(41)49-40-25-13-10-22-35(40)45(36)33-20-8-4-16-29(33)30-17-5-9-21-34(30)45/h1-27H. The van der Waals surface area contributed by atoms with Crippen molar-refractivity contribution in [2.75, 3.05) is 0 Å². The minimum Gasteiger partial charge on any atom is -0.456 e. The van der Waals surface area contributed by atoms with Gasteiger partial charge in [-0.25, -0.2) is 9.97 Å². The molecule has 228 valence electrons. The van der Waals surface area contributed by atoms with Crippen molar-refractivity contribution in [1.29, 1.82) is 0 Å². The molecule has 9 aromatic rings. The first kappa shape index (κ1) is 26.5. The molecule has 0 N–H and O–H groups in total. The van der Waals surface area contributed by atoms with Crippen molar-refractivity contribution in [1.82, 2.24) is 14.5 Å². The van der Waals surface area contributed by atoms with Gasteiger partial charge >= 0.3 is 0 Å². The van der Waals surface area contributed by atoms with Gasteiger partial charge in [0.1, 0.15) is 11.5 Å². The predicted octanol–water partition coefficient (Wildman–Crippen LogP) is 10.9. The average Bonchev–Trinajstić information content (AvgIpc) is 3.66. The van der Waals surface area contributed by atoms with Crippen molar-refractivity contribution in [3.63, 3.8) is 0 Å². The predicted molar refractivity (Wildman–Crippen MR) is 197 cm³/mol. The fourth-order valence-corrected chi connectivity index (χ4v) is 8.56. The highest BCUT2D eigenvalue weighted by Crippen LogP contribution is 2.63. The zero-order valence-corrected chi connectivity index (χ0v) is 26.3. The molecule has 0 amide bonds. The SMILES string of the molecule is c1ccc(-c2nc(-n3c4ccccc4c4c5c(ccc43)C3(c4ccccc4O5)c4ccccc4-c4ccccc43)nc3ccccc23)cc1. The van der Waals surface area contributed by atoms with E-state index in [0.29, 0.717) is 5.95 Å². The van der Waals surface area contributed by atoms with Crippen LogP contribution in [0, 0.1) is 0 Å². The summed E-state index contributed by atoms with van der Waals surface area (Å²) in [6.45, 7) is 0. The number of fused-ring (bicyclic) bond motifs is 14. The van der Waals surface area contributed by atoms with Gasteiger partial charge in [-0.3, -0.25) is 4.57 Å². The molecule has 0 unspecified atom stereocenters. The summed E-state index contributed by atoms with van der Waals surface area (Å²) in [5.41, 5.74) is 11.8. The molecule has 11 rings (SSSR count). The summed E-state index contributed by atoms with van der Waals surface area (Å²) >= 11 is 0. The van der Waals surface area contributed by atoms with Crippen molar-refractivity contribution < 1.29 is 4.74 Å². The maximum Gasteiger partial charge on any atom is 0.235 e. The quantitative estimate of drug-likeness (QED) is 0.192. The van der Waals surface area contributed by atoms with Gasteiger partial charge in [0.15, 0.2) is 0 Å². The molecule has 1 spiro atoms. The zero-order chi connectivity index (χ0) is 32.1. The number of aromatic nitrogens is 3. The van der Waals surface area contributed by atoms with Crippen LogP contribution in [0.5, 0.6) is 11.5 Å². The molecule has 0 fully saturated rings. The molecule has 4 nitrogen and oxygen atoms in total. The zero-order valence-electron chi connectivity index (χ0n) is 26.3. The van der Waals surface area contributed by atoms with Crippen LogP contribution in [0.1, 0.15) is 22.3 Å². The van der Waals surface area contributed by atoms with Crippen molar-refractivity contribution in [3.05, 3.63) is 186 Å². The fourth-order valence-electron chi connectivity index (χ4n) is 8.56. The Balaban J connectivity index is 1.27. The molecule has 1 aliphatic carbocycles. The number of ether oxygens (including phenoxy) is 1. The molecule has 1 aliphatic heterocycles. The minimum atomic E-state index is -0.533. The lowest BCUT2D eigenvalue weighted by Gasteiger charge is -2.39. The van der Waals surface area contributed by atoms with Crippen LogP contribution in [-0.4, -0.2) is 14.5 Å². The lowest BCUT2D eigenvalue weighted by Crippen LogP contribution is -2.32. The second-order valence-electron chi connectivity index (χ2n) is 12.9. The van der Waals surface area contributed by atoms with E-state index in [9.17, 15) is 0 Å². The van der Waals surface area contributed by atoms with Crippen LogP contribution in [0.3, 0.4) is 0 Å². The Hall–Kier alpha value is -6.52. The second-order valence-corrected chi connectivity index (χ2v) is 12.9. The Kier molecular flexibility index (Phi) is 5.28. The first-order valence-electron chi connectivity index (χ1n) is 16.7. The number of rotatable bonds is 2. The fraction of sp³-hybridized carbons (Fsp3) is 0.0222. The van der Waals surface area contributed by atoms with E-state index < -0.39 is 5.41 Å². The van der Waals surface area contributed by atoms with Gasteiger partial charge in [-0.15, -0.1) is 0 Å². The first-order chi connectivity index (χ1) is 24.3. The monoisotopic (exact) mass is 625 g/mol. The Bertz CT molecular complexity index is 2770. The van der Waals surface area contributed by atoms with Crippen molar-refractivity contribution in [3.8, 4) is 39.8 Å². The lowest BCUT2D eigenvalue weighted by molar-refractivity contribution is 0.442. The van der Waals surface area contributed by atoms with E-state index in [0.717, 1.165) is 66.6 Å². The van der Waals surface area contributed by atoms with E-state index in [1.807, 2.05) is 12.1 Å². The van der Waals surface area contributed by atoms with Gasteiger partial charge in [-0.1, -0.05) is 140 Å². The van der Waals surface area contributed by atoms with E-state index in [4.69, 9.17) is 14.7 Å². The Morgan fingerprint density at radius 3 is 1.90 bits per heavy atom.